The molecule has 0 spiro atoms. The molecule has 0 aromatic carbocycles. The highest BCUT2D eigenvalue weighted by Crippen LogP contribution is 2.12. The Morgan fingerprint density at radius 2 is 2.15 bits per heavy atom. The lowest BCUT2D eigenvalue weighted by atomic mass is 10.1. The number of rotatable bonds is 5. The first kappa shape index (κ1) is 14.5. The molecule has 0 saturated carbocycles. The third-order valence-electron chi connectivity index (χ3n) is 2.72. The van der Waals surface area contributed by atoms with Gasteiger partial charge in [0, 0.05) is 17.3 Å². The van der Waals surface area contributed by atoms with Crippen molar-refractivity contribution in [2.45, 2.75) is 33.2 Å². The van der Waals surface area contributed by atoms with Crippen molar-refractivity contribution in [2.24, 2.45) is 0 Å². The number of hydrogen-bond donors (Lipinski definition) is 1. The maximum atomic E-state index is 12.1. The topological polar surface area (TPSA) is 68.0 Å². The molecule has 0 unspecified atom stereocenters. The molecule has 0 aliphatic heterocycles. The lowest BCUT2D eigenvalue weighted by Gasteiger charge is -2.06. The Bertz CT molecular complexity index is 610. The average Bonchev–Trinajstić information content (AvgIpc) is 2.81. The van der Waals surface area contributed by atoms with Crippen LogP contribution in [0, 0.1) is 6.92 Å². The van der Waals surface area contributed by atoms with Gasteiger partial charge in [-0.25, -0.2) is 4.98 Å². The van der Waals surface area contributed by atoms with Crippen LogP contribution in [0.5, 0.6) is 0 Å². The predicted molar refractivity (Wildman–Crippen MR) is 75.7 cm³/mol. The van der Waals surface area contributed by atoms with Gasteiger partial charge in [0.15, 0.2) is 0 Å². The van der Waals surface area contributed by atoms with Crippen molar-refractivity contribution in [3.05, 3.63) is 46.1 Å². The Hall–Kier alpha value is -1.88. The van der Waals surface area contributed by atoms with Crippen molar-refractivity contribution in [1.29, 1.82) is 0 Å². The van der Waals surface area contributed by atoms with Gasteiger partial charge in [0.05, 0.1) is 6.54 Å². The summed E-state index contributed by atoms with van der Waals surface area (Å²) >= 11 is 5.93. The minimum atomic E-state index is -0.202. The summed E-state index contributed by atoms with van der Waals surface area (Å²) in [5.41, 5.74) is 2.01. The van der Waals surface area contributed by atoms with E-state index in [1.807, 2.05) is 0 Å². The number of amides is 1. The number of halogens is 1. The number of aromatic nitrogens is 2. The molecule has 0 atom stereocenters. The van der Waals surface area contributed by atoms with E-state index in [0.717, 1.165) is 18.5 Å². The van der Waals surface area contributed by atoms with Crippen LogP contribution in [-0.2, 0) is 13.0 Å². The molecule has 6 heteroatoms. The van der Waals surface area contributed by atoms with Crippen molar-refractivity contribution < 1.29 is 9.32 Å². The van der Waals surface area contributed by atoms with E-state index in [1.165, 1.54) is 0 Å². The van der Waals surface area contributed by atoms with Gasteiger partial charge in [0.1, 0.15) is 16.6 Å². The molecule has 0 aliphatic rings. The highest BCUT2D eigenvalue weighted by atomic mass is 35.5. The number of pyridine rings is 1. The molecule has 0 saturated heterocycles. The SMILES string of the molecule is CCCc1cc(C(=O)NCc2cc(C)on2)cc(Cl)n1. The molecule has 1 amide bonds. The summed E-state index contributed by atoms with van der Waals surface area (Å²) in [6, 6.07) is 5.10. The van der Waals surface area contributed by atoms with E-state index in [9.17, 15) is 4.79 Å². The molecule has 0 bridgehead atoms. The zero-order valence-electron chi connectivity index (χ0n) is 11.4. The molecule has 2 aromatic rings. The number of nitrogens with one attached hydrogen (secondary N) is 1. The van der Waals surface area contributed by atoms with Crippen LogP contribution in [0.4, 0.5) is 0 Å². The summed E-state index contributed by atoms with van der Waals surface area (Å²) < 4.78 is 4.94. The molecule has 20 heavy (non-hydrogen) atoms. The highest BCUT2D eigenvalue weighted by Gasteiger charge is 2.10. The van der Waals surface area contributed by atoms with Crippen molar-refractivity contribution in [1.82, 2.24) is 15.5 Å². The Balaban J connectivity index is 2.04. The maximum absolute atomic E-state index is 12.1. The molecule has 2 heterocycles. The van der Waals surface area contributed by atoms with Gasteiger partial charge in [0.2, 0.25) is 0 Å². The smallest absolute Gasteiger partial charge is 0.251 e. The van der Waals surface area contributed by atoms with Crippen molar-refractivity contribution >= 4 is 17.5 Å². The summed E-state index contributed by atoms with van der Waals surface area (Å²) in [6.45, 7) is 4.17. The van der Waals surface area contributed by atoms with Crippen molar-refractivity contribution in [2.75, 3.05) is 0 Å². The highest BCUT2D eigenvalue weighted by molar-refractivity contribution is 6.29. The Morgan fingerprint density at radius 1 is 1.35 bits per heavy atom. The van der Waals surface area contributed by atoms with Crippen LogP contribution in [0.1, 0.15) is 40.9 Å². The molecule has 106 valence electrons. The van der Waals surface area contributed by atoms with E-state index in [-0.39, 0.29) is 5.91 Å². The summed E-state index contributed by atoms with van der Waals surface area (Å²) in [6.07, 6.45) is 1.75. The second-order valence-electron chi connectivity index (χ2n) is 4.53. The van der Waals surface area contributed by atoms with E-state index >= 15 is 0 Å². The molecule has 1 N–H and O–H groups in total. The monoisotopic (exact) mass is 293 g/mol. The fraction of sp³-hybridized carbons (Fsp3) is 0.357. The van der Waals surface area contributed by atoms with Gasteiger partial charge >= 0.3 is 0 Å². The van der Waals surface area contributed by atoms with Gasteiger partial charge in [-0.05, 0) is 25.5 Å². The normalized spacial score (nSPS) is 10.6. The zero-order chi connectivity index (χ0) is 14.5. The Kier molecular flexibility index (Phi) is 4.74. The van der Waals surface area contributed by atoms with E-state index in [2.05, 4.69) is 22.4 Å². The first-order valence-corrected chi connectivity index (χ1v) is 6.83. The summed E-state index contributed by atoms with van der Waals surface area (Å²) in [7, 11) is 0. The van der Waals surface area contributed by atoms with E-state index in [0.29, 0.717) is 28.7 Å². The Morgan fingerprint density at radius 3 is 2.80 bits per heavy atom. The minimum Gasteiger partial charge on any atom is -0.361 e. The summed E-state index contributed by atoms with van der Waals surface area (Å²) in [5, 5.41) is 6.93. The van der Waals surface area contributed by atoms with Crippen LogP contribution in [0.15, 0.2) is 22.7 Å². The van der Waals surface area contributed by atoms with Crippen LogP contribution < -0.4 is 5.32 Å². The van der Waals surface area contributed by atoms with Crippen LogP contribution >= 0.6 is 11.6 Å². The molecular formula is C14H16ClN3O2. The third kappa shape index (κ3) is 3.81. The first-order chi connectivity index (χ1) is 9.58. The maximum Gasteiger partial charge on any atom is 0.251 e. The van der Waals surface area contributed by atoms with Crippen molar-refractivity contribution in [3.8, 4) is 0 Å². The third-order valence-corrected chi connectivity index (χ3v) is 2.92. The number of carbonyl (C=O) groups is 1. The van der Waals surface area contributed by atoms with Gasteiger partial charge in [-0.2, -0.15) is 0 Å². The lowest BCUT2D eigenvalue weighted by Crippen LogP contribution is -2.23. The van der Waals surface area contributed by atoms with Crippen LogP contribution in [0.25, 0.3) is 0 Å². The van der Waals surface area contributed by atoms with E-state index in [4.69, 9.17) is 16.1 Å². The molecule has 5 nitrogen and oxygen atoms in total. The fourth-order valence-electron chi connectivity index (χ4n) is 1.84. The molecular weight excluding hydrogens is 278 g/mol. The summed E-state index contributed by atoms with van der Waals surface area (Å²) in [4.78, 5) is 16.3. The van der Waals surface area contributed by atoms with Crippen LogP contribution in [0.2, 0.25) is 5.15 Å². The van der Waals surface area contributed by atoms with Gasteiger partial charge in [0.25, 0.3) is 5.91 Å². The van der Waals surface area contributed by atoms with Gasteiger partial charge in [-0.3, -0.25) is 4.79 Å². The molecule has 0 aliphatic carbocycles. The largest absolute Gasteiger partial charge is 0.361 e. The number of hydrogen-bond acceptors (Lipinski definition) is 4. The average molecular weight is 294 g/mol. The van der Waals surface area contributed by atoms with Crippen LogP contribution in [-0.4, -0.2) is 16.0 Å². The lowest BCUT2D eigenvalue weighted by molar-refractivity contribution is 0.0950. The van der Waals surface area contributed by atoms with Crippen LogP contribution in [0.3, 0.4) is 0 Å². The second-order valence-corrected chi connectivity index (χ2v) is 4.92. The zero-order valence-corrected chi connectivity index (χ0v) is 12.2. The second kappa shape index (κ2) is 6.52. The fourth-order valence-corrected chi connectivity index (χ4v) is 2.07. The van der Waals surface area contributed by atoms with E-state index in [1.54, 1.807) is 25.1 Å². The standard InChI is InChI=1S/C14H16ClN3O2/c1-3-4-11-6-10(7-13(15)17-11)14(19)16-8-12-5-9(2)20-18-12/h5-7H,3-4,8H2,1-2H3,(H,16,19). The molecule has 0 radical (unpaired) electrons. The number of carbonyl (C=O) groups excluding carboxylic acids is 1. The van der Waals surface area contributed by atoms with Gasteiger partial charge in [-0.1, -0.05) is 30.1 Å². The molecule has 0 fully saturated rings. The number of aryl methyl sites for hydroxylation is 2. The van der Waals surface area contributed by atoms with Crippen molar-refractivity contribution in [3.63, 3.8) is 0 Å². The summed E-state index contributed by atoms with van der Waals surface area (Å²) in [5.74, 6) is 0.513. The molecule has 2 rings (SSSR count). The molecule has 2 aromatic heterocycles. The quantitative estimate of drug-likeness (QED) is 0.861. The minimum absolute atomic E-state index is 0.202. The first-order valence-electron chi connectivity index (χ1n) is 6.45. The van der Waals surface area contributed by atoms with E-state index < -0.39 is 0 Å². The van der Waals surface area contributed by atoms with Gasteiger partial charge < -0.3 is 9.84 Å². The Labute approximate surface area is 122 Å². The van der Waals surface area contributed by atoms with Gasteiger partial charge in [-0.15, -0.1) is 0 Å². The predicted octanol–water partition coefficient (Wildman–Crippen LogP) is 2.91. The number of nitrogens with zero attached hydrogens (tertiary/aromatic N) is 2.